The largest absolute Gasteiger partial charge is 0.356 e. The molecule has 0 spiro atoms. The Hall–Kier alpha value is -1.32. The van der Waals surface area contributed by atoms with Crippen molar-refractivity contribution in [3.05, 3.63) is 12.2 Å². The van der Waals surface area contributed by atoms with Gasteiger partial charge in [0.1, 0.15) is 0 Å². The monoisotopic (exact) mass is 506 g/mol. The Morgan fingerprint density at radius 2 is 1.14 bits per heavy atom. The van der Waals surface area contributed by atoms with Crippen LogP contribution in [0.15, 0.2) is 12.2 Å². The average Bonchev–Trinajstić information content (AvgIpc) is 2.89. The van der Waals surface area contributed by atoms with Gasteiger partial charge >= 0.3 is 0 Å². The summed E-state index contributed by atoms with van der Waals surface area (Å²) in [6.07, 6.45) is 25.1. The van der Waals surface area contributed by atoms with E-state index in [9.17, 15) is 9.59 Å². The van der Waals surface area contributed by atoms with Gasteiger partial charge in [0.05, 0.1) is 5.92 Å². The smallest absolute Gasteiger partial charge is 0.227 e. The molecule has 3 atom stereocenters. The Labute approximate surface area is 225 Å². The number of hydrogen-bond donors (Lipinski definition) is 2. The highest BCUT2D eigenvalue weighted by molar-refractivity contribution is 5.87. The molecule has 4 heteroatoms. The third-order valence-corrected chi connectivity index (χ3v) is 7.57. The van der Waals surface area contributed by atoms with E-state index in [1.807, 2.05) is 6.08 Å². The number of hydrogen-bond acceptors (Lipinski definition) is 2. The van der Waals surface area contributed by atoms with Crippen LogP contribution in [0.3, 0.4) is 0 Å². The molecule has 0 fully saturated rings. The van der Waals surface area contributed by atoms with Gasteiger partial charge in [0, 0.05) is 19.5 Å². The van der Waals surface area contributed by atoms with E-state index in [1.165, 1.54) is 70.6 Å². The zero-order chi connectivity index (χ0) is 26.9. The summed E-state index contributed by atoms with van der Waals surface area (Å²) in [5.74, 6) is 0.680. The molecule has 0 aromatic rings. The fourth-order valence-electron chi connectivity index (χ4n) is 4.70. The summed E-state index contributed by atoms with van der Waals surface area (Å²) in [7, 11) is 0. The first-order chi connectivity index (χ1) is 17.5. The van der Waals surface area contributed by atoms with Crippen LogP contribution in [-0.2, 0) is 9.59 Å². The summed E-state index contributed by atoms with van der Waals surface area (Å²) < 4.78 is 0. The van der Waals surface area contributed by atoms with Crippen molar-refractivity contribution in [1.82, 2.24) is 10.6 Å². The zero-order valence-corrected chi connectivity index (χ0v) is 24.8. The zero-order valence-electron chi connectivity index (χ0n) is 24.8. The Balaban J connectivity index is 4.72. The van der Waals surface area contributed by atoms with Crippen molar-refractivity contribution >= 4 is 11.8 Å². The minimum Gasteiger partial charge on any atom is -0.356 e. The lowest BCUT2D eigenvalue weighted by atomic mass is 9.97. The molecule has 3 unspecified atom stereocenters. The van der Waals surface area contributed by atoms with E-state index in [2.05, 4.69) is 51.3 Å². The van der Waals surface area contributed by atoms with Gasteiger partial charge < -0.3 is 10.6 Å². The second kappa shape index (κ2) is 25.3. The maximum Gasteiger partial charge on any atom is 0.227 e. The van der Waals surface area contributed by atoms with E-state index in [1.54, 1.807) is 0 Å². The second-order valence-corrected chi connectivity index (χ2v) is 10.9. The maximum absolute atomic E-state index is 13.1. The van der Waals surface area contributed by atoms with Gasteiger partial charge in [-0.1, -0.05) is 130 Å². The van der Waals surface area contributed by atoms with Crippen molar-refractivity contribution in [1.29, 1.82) is 0 Å². The Morgan fingerprint density at radius 3 is 1.67 bits per heavy atom. The highest BCUT2D eigenvalue weighted by Crippen LogP contribution is 2.15. The van der Waals surface area contributed by atoms with Crippen LogP contribution in [0.25, 0.3) is 0 Å². The Kier molecular flexibility index (Phi) is 24.4. The summed E-state index contributed by atoms with van der Waals surface area (Å²) in [6.45, 7) is 12.5. The molecule has 0 aliphatic rings. The van der Waals surface area contributed by atoms with Crippen LogP contribution in [0.5, 0.6) is 0 Å². The van der Waals surface area contributed by atoms with Crippen molar-refractivity contribution in [3.63, 3.8) is 0 Å². The molecule has 2 N–H and O–H groups in total. The second-order valence-electron chi connectivity index (χ2n) is 10.9. The molecule has 2 amide bonds. The topological polar surface area (TPSA) is 58.2 Å². The Morgan fingerprint density at radius 1 is 0.639 bits per heavy atom. The third-order valence-electron chi connectivity index (χ3n) is 7.57. The van der Waals surface area contributed by atoms with Crippen LogP contribution in [0.1, 0.15) is 150 Å². The van der Waals surface area contributed by atoms with E-state index in [0.29, 0.717) is 18.4 Å². The maximum atomic E-state index is 13.1. The molecular formula is C32H62N2O2. The number of amides is 2. The molecule has 0 aromatic heterocycles. The molecule has 212 valence electrons. The van der Waals surface area contributed by atoms with Gasteiger partial charge in [-0.05, 0) is 37.5 Å². The molecule has 0 radical (unpaired) electrons. The van der Waals surface area contributed by atoms with E-state index in [4.69, 9.17) is 0 Å². The molecular weight excluding hydrogens is 444 g/mol. The van der Waals surface area contributed by atoms with Gasteiger partial charge in [-0.15, -0.1) is 0 Å². The number of rotatable bonds is 25. The molecule has 4 nitrogen and oxygen atoms in total. The van der Waals surface area contributed by atoms with E-state index < -0.39 is 0 Å². The molecule has 0 aromatic carbocycles. The van der Waals surface area contributed by atoms with E-state index >= 15 is 0 Å². The van der Waals surface area contributed by atoms with Gasteiger partial charge in [-0.2, -0.15) is 0 Å². The van der Waals surface area contributed by atoms with Gasteiger partial charge in [0.15, 0.2) is 0 Å². The number of carbonyl (C=O) groups is 2. The van der Waals surface area contributed by atoms with Crippen LogP contribution in [0.2, 0.25) is 0 Å². The lowest BCUT2D eigenvalue weighted by Gasteiger charge is -2.19. The quantitative estimate of drug-likeness (QED) is 0.0960. The summed E-state index contributed by atoms with van der Waals surface area (Å²) in [5.41, 5.74) is 0. The predicted octanol–water partition coefficient (Wildman–Crippen LogP) is 8.74. The number of unbranched alkanes of at least 4 members (excludes halogenated alkanes) is 10. The molecule has 0 aliphatic heterocycles. The highest BCUT2D eigenvalue weighted by Gasteiger charge is 2.20. The number of nitrogens with one attached hydrogen (secondary N) is 2. The molecule has 0 bridgehead atoms. The lowest BCUT2D eigenvalue weighted by molar-refractivity contribution is -0.129. The van der Waals surface area contributed by atoms with Crippen LogP contribution in [-0.4, -0.2) is 24.9 Å². The minimum absolute atomic E-state index is 0.000137. The molecule has 0 rings (SSSR count). The van der Waals surface area contributed by atoms with Crippen molar-refractivity contribution in [3.8, 4) is 0 Å². The Bertz CT molecular complexity index is 546. The summed E-state index contributed by atoms with van der Waals surface area (Å²) in [6, 6.07) is 0. The third kappa shape index (κ3) is 19.8. The van der Waals surface area contributed by atoms with Crippen molar-refractivity contribution < 1.29 is 9.59 Å². The van der Waals surface area contributed by atoms with Crippen LogP contribution >= 0.6 is 0 Å². The standard InChI is InChI=1S/C32H62N2O2/c1-6-11-14-15-16-17-18-19-20-21-24-30(32(36)34-27-29(10-5)23-13-8-3)25-31(35)33-26-28(9-4)22-12-7-2/h21,24,28-30H,6-20,22-23,25-27H2,1-5H3,(H,33,35)(H,34,36). The fraction of sp³-hybridized carbons (Fsp3) is 0.875. The van der Waals surface area contributed by atoms with Crippen molar-refractivity contribution in [2.75, 3.05) is 13.1 Å². The van der Waals surface area contributed by atoms with Crippen molar-refractivity contribution in [2.45, 2.75) is 150 Å². The van der Waals surface area contributed by atoms with Crippen molar-refractivity contribution in [2.24, 2.45) is 17.8 Å². The van der Waals surface area contributed by atoms with Gasteiger partial charge in [-0.3, -0.25) is 9.59 Å². The van der Waals surface area contributed by atoms with Crippen LogP contribution in [0, 0.1) is 17.8 Å². The molecule has 36 heavy (non-hydrogen) atoms. The molecule has 0 saturated heterocycles. The first-order valence-corrected chi connectivity index (χ1v) is 15.7. The van der Waals surface area contributed by atoms with E-state index in [-0.39, 0.29) is 24.2 Å². The molecule has 0 aliphatic carbocycles. The van der Waals surface area contributed by atoms with Gasteiger partial charge in [0.2, 0.25) is 11.8 Å². The lowest BCUT2D eigenvalue weighted by Crippen LogP contribution is -2.37. The van der Waals surface area contributed by atoms with Crippen LogP contribution in [0.4, 0.5) is 0 Å². The average molecular weight is 507 g/mol. The van der Waals surface area contributed by atoms with Gasteiger partial charge in [-0.25, -0.2) is 0 Å². The molecule has 0 saturated carbocycles. The summed E-state index contributed by atoms with van der Waals surface area (Å²) >= 11 is 0. The minimum atomic E-state index is -0.376. The first-order valence-electron chi connectivity index (χ1n) is 15.7. The van der Waals surface area contributed by atoms with E-state index in [0.717, 1.165) is 45.1 Å². The summed E-state index contributed by atoms with van der Waals surface area (Å²) in [4.78, 5) is 25.8. The highest BCUT2D eigenvalue weighted by atomic mass is 16.2. The molecule has 0 heterocycles. The fourth-order valence-corrected chi connectivity index (χ4v) is 4.70. The van der Waals surface area contributed by atoms with Crippen LogP contribution < -0.4 is 10.6 Å². The predicted molar refractivity (Wildman–Crippen MR) is 157 cm³/mol. The SMILES string of the molecule is CCCCCCCCCCC=CC(CC(=O)NCC(CC)CCCC)C(=O)NCC(CC)CCCC. The number of allylic oxidation sites excluding steroid dienone is 1. The normalized spacial score (nSPS) is 14.0. The number of carbonyl (C=O) groups excluding carboxylic acids is 2. The van der Waals surface area contributed by atoms with Gasteiger partial charge in [0.25, 0.3) is 0 Å². The first kappa shape index (κ1) is 34.7. The summed E-state index contributed by atoms with van der Waals surface area (Å²) in [5, 5.41) is 6.29.